The molecule has 6 aromatic rings. The first-order chi connectivity index (χ1) is 24.7. The van der Waals surface area contributed by atoms with E-state index in [-0.39, 0.29) is 96.3 Å². The number of aromatic nitrogens is 1. The molecule has 3 N–H and O–H groups in total. The van der Waals surface area contributed by atoms with Crippen molar-refractivity contribution in [1.29, 1.82) is 0 Å². The molecule has 12 nitrogen and oxygen atoms in total. The molecule has 0 fully saturated rings. The van der Waals surface area contributed by atoms with Gasteiger partial charge in [-0.15, -0.1) is 0 Å². The van der Waals surface area contributed by atoms with Gasteiger partial charge in [0.25, 0.3) is 15.6 Å². The number of aryl methyl sites for hydroxylation is 3. The summed E-state index contributed by atoms with van der Waals surface area (Å²) >= 11 is 0. The van der Waals surface area contributed by atoms with E-state index >= 15 is 0 Å². The summed E-state index contributed by atoms with van der Waals surface area (Å²) in [5.74, 6) is -1.06. The third-order valence-corrected chi connectivity index (χ3v) is 11.3. The van der Waals surface area contributed by atoms with Crippen molar-refractivity contribution in [2.24, 2.45) is 4.99 Å². The smallest absolute Gasteiger partial charge is 0.744 e. The molecule has 0 atom stereocenters. The van der Waals surface area contributed by atoms with Crippen LogP contribution in [0, 0.1) is 20.8 Å². The summed E-state index contributed by atoms with van der Waals surface area (Å²) in [4.78, 5) is 35.5. The number of anilines is 2. The van der Waals surface area contributed by atoms with Gasteiger partial charge < -0.3 is 19.6 Å². The van der Waals surface area contributed by atoms with Crippen LogP contribution in [-0.4, -0.2) is 38.0 Å². The van der Waals surface area contributed by atoms with Gasteiger partial charge in [0.05, 0.1) is 32.9 Å². The summed E-state index contributed by atoms with van der Waals surface area (Å²) in [5.41, 5.74) is 3.32. The zero-order valence-corrected chi connectivity index (χ0v) is 32.3. The summed E-state index contributed by atoms with van der Waals surface area (Å²) in [7, 11) is -9.19. The minimum absolute atomic E-state index is 0. The molecular weight excluding hydrogens is 728 g/mol. The van der Waals surface area contributed by atoms with E-state index in [9.17, 15) is 31.0 Å². The number of nitrogens with zero attached hydrogens (tertiary/aromatic N) is 1. The number of carbonyl (C=O) groups is 1. The second kappa shape index (κ2) is 13.1. The molecule has 2 heterocycles. The minimum atomic E-state index is -5.02. The molecule has 1 aliphatic carbocycles. The Balaban J connectivity index is 0.00000435. The number of benzene rings is 5. The fourth-order valence-electron chi connectivity index (χ4n) is 6.71. The maximum atomic E-state index is 14.5. The second-order valence-corrected chi connectivity index (χ2v) is 15.6. The zero-order valence-electron chi connectivity index (χ0n) is 28.7. The monoisotopic (exact) mass is 754 g/mol. The maximum Gasteiger partial charge on any atom is 1.00 e. The van der Waals surface area contributed by atoms with E-state index in [0.717, 1.165) is 11.1 Å². The maximum absolute atomic E-state index is 14.5. The quantitative estimate of drug-likeness (QED) is 0.169. The number of pyridine rings is 1. The molecule has 0 spiro atoms. The van der Waals surface area contributed by atoms with Crippen LogP contribution in [-0.2, 0) is 20.1 Å². The Bertz CT molecular complexity index is 2910. The van der Waals surface area contributed by atoms with Crippen molar-refractivity contribution in [2.75, 3.05) is 5.32 Å². The number of ether oxygens (including phenoxy) is 1. The minimum Gasteiger partial charge on any atom is -0.744 e. The number of ketones is 1. The Morgan fingerprint density at radius 2 is 1.45 bits per heavy atom. The van der Waals surface area contributed by atoms with Crippen LogP contribution in [0.25, 0.3) is 22.0 Å². The summed E-state index contributed by atoms with van der Waals surface area (Å²) in [5, 5.41) is 3.52. The SMILES string of the molecule is Cc1ccc(Nc2cc(Oc3ccc(C)cc3S(=O)(=O)[O-])c3[nH]c(=O)c(C4=Nc5ccccc5S(=O)(=O)N4)c4c3c2C(=O)c2ccccc2-4)c(C)c1.[Na+]. The molecular formula is C38H27N4NaO8S2. The molecule has 0 amide bonds. The molecule has 53 heavy (non-hydrogen) atoms. The van der Waals surface area contributed by atoms with E-state index < -0.39 is 36.4 Å². The summed E-state index contributed by atoms with van der Waals surface area (Å²) in [6.07, 6.45) is 0. The summed E-state index contributed by atoms with van der Waals surface area (Å²) in [6, 6.07) is 23.9. The van der Waals surface area contributed by atoms with Gasteiger partial charge in [0.2, 0.25) is 0 Å². The van der Waals surface area contributed by atoms with Crippen molar-refractivity contribution >= 4 is 59.7 Å². The molecule has 0 unspecified atom stereocenters. The molecule has 0 radical (unpaired) electrons. The van der Waals surface area contributed by atoms with Crippen molar-refractivity contribution in [3.8, 4) is 22.6 Å². The average molecular weight is 755 g/mol. The summed E-state index contributed by atoms with van der Waals surface area (Å²) in [6.45, 7) is 5.45. The average Bonchev–Trinajstić information content (AvgIpc) is 3.09. The van der Waals surface area contributed by atoms with Crippen molar-refractivity contribution < 1.29 is 60.5 Å². The third-order valence-electron chi connectivity index (χ3n) is 9.02. The van der Waals surface area contributed by atoms with Gasteiger partial charge in [-0.3, -0.25) is 14.3 Å². The number of nitrogens with one attached hydrogen (secondary N) is 3. The van der Waals surface area contributed by atoms with E-state index in [1.54, 1.807) is 49.4 Å². The van der Waals surface area contributed by atoms with Gasteiger partial charge in [0.1, 0.15) is 20.8 Å². The van der Waals surface area contributed by atoms with Crippen LogP contribution in [0.3, 0.4) is 0 Å². The Labute approximate surface area is 326 Å². The van der Waals surface area contributed by atoms with Crippen molar-refractivity contribution in [3.63, 3.8) is 0 Å². The van der Waals surface area contributed by atoms with Gasteiger partial charge in [-0.25, -0.2) is 21.8 Å². The number of rotatable bonds is 6. The van der Waals surface area contributed by atoms with Crippen molar-refractivity contribution in [1.82, 2.24) is 9.71 Å². The number of hydrogen-bond donors (Lipinski definition) is 3. The van der Waals surface area contributed by atoms with Gasteiger partial charge in [-0.2, -0.15) is 0 Å². The number of H-pyrrole nitrogens is 1. The molecule has 2 aliphatic rings. The number of amidine groups is 1. The van der Waals surface area contributed by atoms with Crippen LogP contribution in [0.1, 0.15) is 38.2 Å². The molecule has 0 saturated heterocycles. The molecule has 260 valence electrons. The number of hydrogen-bond acceptors (Lipinski definition) is 10. The first-order valence-electron chi connectivity index (χ1n) is 15.9. The Hall–Kier alpha value is -5.09. The molecule has 1 aliphatic heterocycles. The van der Waals surface area contributed by atoms with Crippen LogP contribution >= 0.6 is 0 Å². The number of para-hydroxylation sites is 1. The van der Waals surface area contributed by atoms with Gasteiger partial charge in [-0.1, -0.05) is 60.2 Å². The van der Waals surface area contributed by atoms with Gasteiger partial charge in [-0.05, 0) is 67.8 Å². The van der Waals surface area contributed by atoms with E-state index in [4.69, 9.17) is 4.74 Å². The molecule has 0 saturated carbocycles. The second-order valence-electron chi connectivity index (χ2n) is 12.6. The van der Waals surface area contributed by atoms with Gasteiger partial charge >= 0.3 is 29.6 Å². The van der Waals surface area contributed by atoms with E-state index in [1.165, 1.54) is 30.3 Å². The van der Waals surface area contributed by atoms with Crippen LogP contribution in [0.2, 0.25) is 0 Å². The fourth-order valence-corrected chi connectivity index (χ4v) is 8.56. The van der Waals surface area contributed by atoms with Crippen LogP contribution < -0.4 is 49.9 Å². The molecule has 5 aromatic carbocycles. The van der Waals surface area contributed by atoms with Crippen LogP contribution in [0.4, 0.5) is 17.1 Å². The largest absolute Gasteiger partial charge is 1.00 e. The van der Waals surface area contributed by atoms with E-state index in [2.05, 4.69) is 20.0 Å². The number of sulfonamides is 1. The number of carbonyl (C=O) groups excluding carboxylic acids is 1. The predicted octanol–water partition coefficient (Wildman–Crippen LogP) is 3.48. The number of fused-ring (bicyclic) bond motifs is 3. The van der Waals surface area contributed by atoms with E-state index in [0.29, 0.717) is 16.8 Å². The summed E-state index contributed by atoms with van der Waals surface area (Å²) < 4.78 is 72.7. The molecule has 1 aromatic heterocycles. The predicted molar refractivity (Wildman–Crippen MR) is 195 cm³/mol. The van der Waals surface area contributed by atoms with Gasteiger partial charge in [0.15, 0.2) is 17.4 Å². The Morgan fingerprint density at radius 1 is 0.774 bits per heavy atom. The first kappa shape index (κ1) is 36.3. The standard InChI is InChI=1S/C38H28N4O8S2.Na/c1-19-12-14-24(21(3)16-19)39-26-18-28(50-27-15-13-20(2)17-30(27)52(47,48)49)35-33-31(22-8-4-5-9-23(22)36(43)32(26)33)34(38(44)41-35)37-40-25-10-6-7-11-29(25)51(45,46)42-37;/h4-18,39H,1-3H3,(H,40,42)(H,41,44)(H,47,48,49);/q;+1/p-1. The third kappa shape index (κ3) is 6.16. The van der Waals surface area contributed by atoms with Crippen molar-refractivity contribution in [2.45, 2.75) is 30.6 Å². The van der Waals surface area contributed by atoms with Crippen molar-refractivity contribution in [3.05, 3.63) is 135 Å². The first-order valence-corrected chi connectivity index (χ1v) is 18.8. The van der Waals surface area contributed by atoms with Gasteiger partial charge in [0, 0.05) is 28.3 Å². The normalized spacial score (nSPS) is 14.0. The molecule has 0 bridgehead atoms. The molecule has 8 rings (SSSR count). The molecule has 15 heteroatoms. The topological polar surface area (TPSA) is 187 Å². The number of aromatic amines is 1. The Morgan fingerprint density at radius 3 is 2.19 bits per heavy atom. The van der Waals surface area contributed by atoms with Crippen LogP contribution in [0.5, 0.6) is 11.5 Å². The van der Waals surface area contributed by atoms with Crippen LogP contribution in [0.15, 0.2) is 111 Å². The number of aliphatic imine (C=N–C) groups is 1. The Kier molecular flexibility index (Phi) is 8.96. The van der Waals surface area contributed by atoms with E-state index in [1.807, 2.05) is 32.0 Å². The fraction of sp³-hybridized carbons (Fsp3) is 0.0789. The zero-order chi connectivity index (χ0) is 36.7.